The zero-order valence-electron chi connectivity index (χ0n) is 6.60. The molecule has 0 unspecified atom stereocenters. The van der Waals surface area contributed by atoms with Crippen molar-refractivity contribution < 1.29 is 4.74 Å². The SMILES string of the molecule is CNC(=S)N[C@H](C)COC. The van der Waals surface area contributed by atoms with Gasteiger partial charge in [-0.3, -0.25) is 0 Å². The molecule has 1 atom stereocenters. The average Bonchev–Trinajstić information content (AvgIpc) is 1.88. The molecule has 0 radical (unpaired) electrons. The van der Waals surface area contributed by atoms with Crippen LogP contribution < -0.4 is 10.6 Å². The molecule has 0 aliphatic heterocycles. The van der Waals surface area contributed by atoms with Crippen molar-refractivity contribution in [2.45, 2.75) is 13.0 Å². The fourth-order valence-electron chi connectivity index (χ4n) is 0.588. The van der Waals surface area contributed by atoms with Crippen molar-refractivity contribution in [2.75, 3.05) is 20.8 Å². The Kier molecular flexibility index (Phi) is 5.25. The van der Waals surface area contributed by atoms with Crippen molar-refractivity contribution in [1.82, 2.24) is 10.6 Å². The fraction of sp³-hybridized carbons (Fsp3) is 0.833. The van der Waals surface area contributed by atoms with Crippen LogP contribution in [0.3, 0.4) is 0 Å². The van der Waals surface area contributed by atoms with Crippen LogP contribution in [0.2, 0.25) is 0 Å². The van der Waals surface area contributed by atoms with Gasteiger partial charge < -0.3 is 15.4 Å². The molecule has 10 heavy (non-hydrogen) atoms. The van der Waals surface area contributed by atoms with Crippen LogP contribution in [-0.2, 0) is 4.74 Å². The molecule has 0 amide bonds. The summed E-state index contributed by atoms with van der Waals surface area (Å²) >= 11 is 4.87. The zero-order chi connectivity index (χ0) is 7.98. The Labute approximate surface area is 67.1 Å². The predicted octanol–water partition coefficient (Wildman–Crippen LogP) is 0.115. The van der Waals surface area contributed by atoms with Crippen LogP contribution in [0.4, 0.5) is 0 Å². The molecule has 0 aromatic heterocycles. The minimum Gasteiger partial charge on any atom is -0.383 e. The molecule has 2 N–H and O–H groups in total. The maximum Gasteiger partial charge on any atom is 0.166 e. The molecule has 0 fully saturated rings. The van der Waals surface area contributed by atoms with Crippen molar-refractivity contribution in [2.24, 2.45) is 0 Å². The van der Waals surface area contributed by atoms with E-state index in [4.69, 9.17) is 17.0 Å². The van der Waals surface area contributed by atoms with E-state index in [1.165, 1.54) is 0 Å². The molecule has 0 rings (SSSR count). The Morgan fingerprint density at radius 1 is 1.70 bits per heavy atom. The Bertz CT molecular complexity index is 108. The minimum atomic E-state index is 0.268. The molecule has 0 spiro atoms. The van der Waals surface area contributed by atoms with Gasteiger partial charge in [0.05, 0.1) is 6.61 Å². The Morgan fingerprint density at radius 2 is 2.30 bits per heavy atom. The van der Waals surface area contributed by atoms with Gasteiger partial charge in [0.1, 0.15) is 0 Å². The lowest BCUT2D eigenvalue weighted by atomic mass is 10.4. The minimum absolute atomic E-state index is 0.268. The van der Waals surface area contributed by atoms with Crippen LogP contribution in [-0.4, -0.2) is 31.9 Å². The van der Waals surface area contributed by atoms with Crippen molar-refractivity contribution >= 4 is 17.3 Å². The van der Waals surface area contributed by atoms with Crippen LogP contribution in [0.25, 0.3) is 0 Å². The van der Waals surface area contributed by atoms with E-state index in [1.807, 2.05) is 6.92 Å². The first kappa shape index (κ1) is 9.65. The van der Waals surface area contributed by atoms with Crippen LogP contribution in [0.1, 0.15) is 6.92 Å². The van der Waals surface area contributed by atoms with Gasteiger partial charge in [0.15, 0.2) is 5.11 Å². The number of hydrogen-bond donors (Lipinski definition) is 2. The molecule has 0 saturated carbocycles. The van der Waals surface area contributed by atoms with Gasteiger partial charge in [-0.1, -0.05) is 0 Å². The predicted molar refractivity (Wildman–Crippen MR) is 46.1 cm³/mol. The number of rotatable bonds is 3. The maximum atomic E-state index is 4.90. The summed E-state index contributed by atoms with van der Waals surface area (Å²) in [4.78, 5) is 0. The third-order valence-corrected chi connectivity index (χ3v) is 1.34. The van der Waals surface area contributed by atoms with E-state index in [2.05, 4.69) is 10.6 Å². The largest absolute Gasteiger partial charge is 0.383 e. The second kappa shape index (κ2) is 5.44. The van der Waals surface area contributed by atoms with Crippen molar-refractivity contribution in [3.63, 3.8) is 0 Å². The second-order valence-corrected chi connectivity index (χ2v) is 2.49. The lowest BCUT2D eigenvalue weighted by Crippen LogP contribution is -2.40. The van der Waals surface area contributed by atoms with Crippen LogP contribution in [0.15, 0.2) is 0 Å². The van der Waals surface area contributed by atoms with Crippen LogP contribution in [0, 0.1) is 0 Å². The van der Waals surface area contributed by atoms with Gasteiger partial charge in [-0.15, -0.1) is 0 Å². The third-order valence-electron chi connectivity index (χ3n) is 1.02. The Hall–Kier alpha value is -0.350. The second-order valence-electron chi connectivity index (χ2n) is 2.08. The summed E-state index contributed by atoms with van der Waals surface area (Å²) in [5.74, 6) is 0. The van der Waals surface area contributed by atoms with Crippen LogP contribution >= 0.6 is 12.2 Å². The van der Waals surface area contributed by atoms with Gasteiger partial charge in [0.25, 0.3) is 0 Å². The molecular weight excluding hydrogens is 148 g/mol. The average molecular weight is 162 g/mol. The monoisotopic (exact) mass is 162 g/mol. The number of ether oxygens (including phenoxy) is 1. The topological polar surface area (TPSA) is 33.3 Å². The first-order valence-corrected chi connectivity index (χ1v) is 3.58. The lowest BCUT2D eigenvalue weighted by Gasteiger charge is -2.13. The number of thiocarbonyl (C=S) groups is 1. The van der Waals surface area contributed by atoms with E-state index in [9.17, 15) is 0 Å². The van der Waals surface area contributed by atoms with Crippen molar-refractivity contribution in [1.29, 1.82) is 0 Å². The summed E-state index contributed by atoms with van der Waals surface area (Å²) in [6.45, 7) is 2.68. The molecular formula is C6H14N2OS. The summed E-state index contributed by atoms with van der Waals surface area (Å²) in [5.41, 5.74) is 0. The lowest BCUT2D eigenvalue weighted by molar-refractivity contribution is 0.179. The maximum absolute atomic E-state index is 4.90. The third kappa shape index (κ3) is 4.52. The highest BCUT2D eigenvalue weighted by Crippen LogP contribution is 1.80. The molecule has 0 aliphatic rings. The normalized spacial score (nSPS) is 12.3. The van der Waals surface area contributed by atoms with Gasteiger partial charge in [-0.05, 0) is 19.1 Å². The summed E-state index contributed by atoms with van der Waals surface area (Å²) in [5, 5.41) is 6.50. The van der Waals surface area contributed by atoms with E-state index in [0.717, 1.165) is 0 Å². The first-order chi connectivity index (χ1) is 4.70. The van der Waals surface area contributed by atoms with Gasteiger partial charge in [-0.25, -0.2) is 0 Å². The molecule has 0 aliphatic carbocycles. The molecule has 0 aromatic carbocycles. The van der Waals surface area contributed by atoms with Crippen molar-refractivity contribution in [3.8, 4) is 0 Å². The van der Waals surface area contributed by atoms with E-state index < -0.39 is 0 Å². The van der Waals surface area contributed by atoms with E-state index in [1.54, 1.807) is 14.2 Å². The van der Waals surface area contributed by atoms with Crippen LogP contribution in [0.5, 0.6) is 0 Å². The number of hydrogen-bond acceptors (Lipinski definition) is 2. The standard InChI is InChI=1S/C6H14N2OS/c1-5(4-9-3)8-6(10)7-2/h5H,4H2,1-3H3,(H2,7,8,10)/t5-/m1/s1. The molecule has 60 valence electrons. The Balaban J connectivity index is 3.37. The molecule has 3 nitrogen and oxygen atoms in total. The number of methoxy groups -OCH3 is 1. The first-order valence-electron chi connectivity index (χ1n) is 3.18. The molecule has 0 bridgehead atoms. The highest BCUT2D eigenvalue weighted by Gasteiger charge is 1.99. The van der Waals surface area contributed by atoms with Crippen molar-refractivity contribution in [3.05, 3.63) is 0 Å². The van der Waals surface area contributed by atoms with Gasteiger partial charge in [-0.2, -0.15) is 0 Å². The highest BCUT2D eigenvalue weighted by molar-refractivity contribution is 7.80. The summed E-state index contributed by atoms with van der Waals surface area (Å²) < 4.78 is 4.90. The summed E-state index contributed by atoms with van der Waals surface area (Å²) in [6, 6.07) is 0.268. The van der Waals surface area contributed by atoms with E-state index in [-0.39, 0.29) is 6.04 Å². The summed E-state index contributed by atoms with van der Waals surface area (Å²) in [6.07, 6.45) is 0. The quantitative estimate of drug-likeness (QED) is 0.577. The van der Waals surface area contributed by atoms with Gasteiger partial charge >= 0.3 is 0 Å². The smallest absolute Gasteiger partial charge is 0.166 e. The molecule has 0 saturated heterocycles. The summed E-state index contributed by atoms with van der Waals surface area (Å²) in [7, 11) is 3.45. The molecule has 0 aromatic rings. The molecule has 0 heterocycles. The van der Waals surface area contributed by atoms with Gasteiger partial charge in [0, 0.05) is 20.2 Å². The highest BCUT2D eigenvalue weighted by atomic mass is 32.1. The van der Waals surface area contributed by atoms with E-state index in [0.29, 0.717) is 11.7 Å². The fourth-order valence-corrected chi connectivity index (χ4v) is 0.789. The number of nitrogens with one attached hydrogen (secondary N) is 2. The Morgan fingerprint density at radius 3 is 2.70 bits per heavy atom. The zero-order valence-corrected chi connectivity index (χ0v) is 7.42. The van der Waals surface area contributed by atoms with Gasteiger partial charge in [0.2, 0.25) is 0 Å². The molecule has 4 heteroatoms. The van der Waals surface area contributed by atoms with E-state index >= 15 is 0 Å².